The first-order valence-electron chi connectivity index (χ1n) is 7.09. The number of carbonyl (C=O) groups excluding carboxylic acids is 2. The second-order valence-electron chi connectivity index (χ2n) is 4.94. The SMILES string of the molecule is O=C(NCCc1ccc(Cl)cc1)C(=O)NCc1ccc(F)cc1. The van der Waals surface area contributed by atoms with Crippen molar-refractivity contribution in [1.82, 2.24) is 10.6 Å². The van der Waals surface area contributed by atoms with Crippen LogP contribution in [0, 0.1) is 5.82 Å². The molecule has 0 aliphatic carbocycles. The first-order valence-corrected chi connectivity index (χ1v) is 7.47. The van der Waals surface area contributed by atoms with Gasteiger partial charge in [-0.3, -0.25) is 9.59 Å². The summed E-state index contributed by atoms with van der Waals surface area (Å²) in [5, 5.41) is 5.68. The van der Waals surface area contributed by atoms with Crippen LogP contribution in [0.2, 0.25) is 5.02 Å². The van der Waals surface area contributed by atoms with Crippen molar-refractivity contribution in [2.24, 2.45) is 0 Å². The summed E-state index contributed by atoms with van der Waals surface area (Å²) in [5.41, 5.74) is 1.73. The molecule has 0 aromatic heterocycles. The highest BCUT2D eigenvalue weighted by atomic mass is 35.5. The maximum Gasteiger partial charge on any atom is 0.309 e. The van der Waals surface area contributed by atoms with Crippen LogP contribution in [0.15, 0.2) is 48.5 Å². The van der Waals surface area contributed by atoms with Crippen molar-refractivity contribution in [2.75, 3.05) is 6.54 Å². The third-order valence-electron chi connectivity index (χ3n) is 3.19. The lowest BCUT2D eigenvalue weighted by Gasteiger charge is -2.07. The standard InChI is InChI=1S/C17H16ClFN2O2/c18-14-5-1-12(2-6-14)9-10-20-16(22)17(23)21-11-13-3-7-15(19)8-4-13/h1-8H,9-11H2,(H,20,22)(H,21,23). The summed E-state index contributed by atoms with van der Waals surface area (Å²) in [6.07, 6.45) is 0.605. The van der Waals surface area contributed by atoms with Crippen LogP contribution in [0.1, 0.15) is 11.1 Å². The van der Waals surface area contributed by atoms with E-state index in [0.29, 0.717) is 23.6 Å². The first-order chi connectivity index (χ1) is 11.0. The Hall–Kier alpha value is -2.40. The molecule has 0 spiro atoms. The van der Waals surface area contributed by atoms with Gasteiger partial charge in [-0.15, -0.1) is 0 Å². The van der Waals surface area contributed by atoms with Crippen molar-refractivity contribution in [1.29, 1.82) is 0 Å². The highest BCUT2D eigenvalue weighted by molar-refractivity contribution is 6.35. The summed E-state index contributed by atoms with van der Waals surface area (Å²) in [5.74, 6) is -1.76. The molecule has 0 heterocycles. The molecular weight excluding hydrogens is 319 g/mol. The number of nitrogens with one attached hydrogen (secondary N) is 2. The Labute approximate surface area is 138 Å². The number of rotatable bonds is 5. The van der Waals surface area contributed by atoms with Gasteiger partial charge in [0.15, 0.2) is 0 Å². The molecule has 2 rings (SSSR count). The van der Waals surface area contributed by atoms with E-state index in [1.54, 1.807) is 24.3 Å². The van der Waals surface area contributed by atoms with E-state index in [1.807, 2.05) is 12.1 Å². The molecule has 0 bridgehead atoms. The predicted octanol–water partition coefficient (Wildman–Crippen LogP) is 2.45. The number of carbonyl (C=O) groups is 2. The van der Waals surface area contributed by atoms with Crippen molar-refractivity contribution in [3.05, 3.63) is 70.5 Å². The van der Waals surface area contributed by atoms with Crippen LogP contribution in [0.25, 0.3) is 0 Å². The first kappa shape index (κ1) is 17.0. The zero-order valence-corrected chi connectivity index (χ0v) is 13.1. The maximum atomic E-state index is 12.8. The summed E-state index contributed by atoms with van der Waals surface area (Å²) in [7, 11) is 0. The molecule has 0 aliphatic rings. The van der Waals surface area contributed by atoms with Crippen LogP contribution < -0.4 is 10.6 Å². The summed E-state index contributed by atoms with van der Waals surface area (Å²) >= 11 is 5.79. The van der Waals surface area contributed by atoms with Crippen molar-refractivity contribution in [3.63, 3.8) is 0 Å². The molecule has 2 aromatic rings. The minimum absolute atomic E-state index is 0.170. The summed E-state index contributed by atoms with van der Waals surface area (Å²) in [6, 6.07) is 13.0. The molecule has 0 atom stereocenters. The van der Waals surface area contributed by atoms with E-state index in [2.05, 4.69) is 10.6 Å². The average Bonchev–Trinajstić information content (AvgIpc) is 2.55. The molecule has 0 fully saturated rings. The van der Waals surface area contributed by atoms with Crippen LogP contribution in [0.3, 0.4) is 0 Å². The van der Waals surface area contributed by atoms with Gasteiger partial charge in [0.25, 0.3) is 0 Å². The Kier molecular flexibility index (Phi) is 6.11. The molecule has 23 heavy (non-hydrogen) atoms. The van der Waals surface area contributed by atoms with Crippen molar-refractivity contribution in [2.45, 2.75) is 13.0 Å². The number of benzene rings is 2. The highest BCUT2D eigenvalue weighted by Crippen LogP contribution is 2.09. The lowest BCUT2D eigenvalue weighted by atomic mass is 10.1. The molecule has 2 aromatic carbocycles. The van der Waals surface area contributed by atoms with E-state index in [1.165, 1.54) is 12.1 Å². The summed E-state index contributed by atoms with van der Waals surface area (Å²) in [6.45, 7) is 0.522. The molecule has 0 unspecified atom stereocenters. The van der Waals surface area contributed by atoms with Gasteiger partial charge >= 0.3 is 11.8 Å². The molecule has 0 saturated heterocycles. The van der Waals surface area contributed by atoms with E-state index in [9.17, 15) is 14.0 Å². The fourth-order valence-corrected chi connectivity index (χ4v) is 2.04. The fraction of sp³-hybridized carbons (Fsp3) is 0.176. The van der Waals surface area contributed by atoms with E-state index >= 15 is 0 Å². The van der Waals surface area contributed by atoms with Gasteiger partial charge in [0.05, 0.1) is 0 Å². The zero-order valence-electron chi connectivity index (χ0n) is 12.3. The average molecular weight is 335 g/mol. The monoisotopic (exact) mass is 334 g/mol. The molecule has 120 valence electrons. The van der Waals surface area contributed by atoms with Gasteiger partial charge in [-0.1, -0.05) is 35.9 Å². The third-order valence-corrected chi connectivity index (χ3v) is 3.44. The molecule has 2 amide bonds. The fourth-order valence-electron chi connectivity index (χ4n) is 1.92. The lowest BCUT2D eigenvalue weighted by molar-refractivity contribution is -0.139. The van der Waals surface area contributed by atoms with Gasteiger partial charge in [-0.05, 0) is 41.8 Å². The quantitative estimate of drug-likeness (QED) is 0.825. The Morgan fingerprint density at radius 3 is 2.09 bits per heavy atom. The normalized spacial score (nSPS) is 10.2. The summed E-state index contributed by atoms with van der Waals surface area (Å²) in [4.78, 5) is 23.3. The van der Waals surface area contributed by atoms with Crippen molar-refractivity contribution >= 4 is 23.4 Å². The molecule has 6 heteroatoms. The molecule has 0 radical (unpaired) electrons. The molecule has 0 saturated carbocycles. The van der Waals surface area contributed by atoms with Gasteiger partial charge < -0.3 is 10.6 Å². The van der Waals surface area contributed by atoms with Gasteiger partial charge in [0, 0.05) is 18.1 Å². The Morgan fingerprint density at radius 1 is 0.870 bits per heavy atom. The van der Waals surface area contributed by atoms with Crippen LogP contribution in [0.4, 0.5) is 4.39 Å². The molecule has 0 aliphatic heterocycles. The Morgan fingerprint density at radius 2 is 1.43 bits per heavy atom. The van der Waals surface area contributed by atoms with Crippen LogP contribution in [-0.2, 0) is 22.6 Å². The number of hydrogen-bond acceptors (Lipinski definition) is 2. The second kappa shape index (κ2) is 8.29. The van der Waals surface area contributed by atoms with Crippen molar-refractivity contribution < 1.29 is 14.0 Å². The second-order valence-corrected chi connectivity index (χ2v) is 5.38. The third kappa shape index (κ3) is 5.71. The lowest BCUT2D eigenvalue weighted by Crippen LogP contribution is -2.40. The van der Waals surface area contributed by atoms with E-state index < -0.39 is 11.8 Å². The Balaban J connectivity index is 1.71. The zero-order chi connectivity index (χ0) is 16.7. The van der Waals surface area contributed by atoms with Gasteiger partial charge in [-0.25, -0.2) is 4.39 Å². The topological polar surface area (TPSA) is 58.2 Å². The van der Waals surface area contributed by atoms with Crippen LogP contribution >= 0.6 is 11.6 Å². The largest absolute Gasteiger partial charge is 0.348 e. The molecule has 2 N–H and O–H groups in total. The predicted molar refractivity (Wildman–Crippen MR) is 86.4 cm³/mol. The Bertz CT molecular complexity index is 672. The van der Waals surface area contributed by atoms with Gasteiger partial charge in [0.1, 0.15) is 5.82 Å². The van der Waals surface area contributed by atoms with E-state index in [-0.39, 0.29) is 12.4 Å². The number of halogens is 2. The molecule has 4 nitrogen and oxygen atoms in total. The minimum Gasteiger partial charge on any atom is -0.348 e. The summed E-state index contributed by atoms with van der Waals surface area (Å²) < 4.78 is 12.8. The van der Waals surface area contributed by atoms with Crippen molar-refractivity contribution in [3.8, 4) is 0 Å². The van der Waals surface area contributed by atoms with Crippen LogP contribution in [0.5, 0.6) is 0 Å². The van der Waals surface area contributed by atoms with Gasteiger partial charge in [0.2, 0.25) is 0 Å². The smallest absolute Gasteiger partial charge is 0.309 e. The van der Waals surface area contributed by atoms with E-state index in [4.69, 9.17) is 11.6 Å². The van der Waals surface area contributed by atoms with Gasteiger partial charge in [-0.2, -0.15) is 0 Å². The van der Waals surface area contributed by atoms with Crippen LogP contribution in [-0.4, -0.2) is 18.4 Å². The number of hydrogen-bond donors (Lipinski definition) is 2. The highest BCUT2D eigenvalue weighted by Gasteiger charge is 2.12. The minimum atomic E-state index is -0.717. The van der Waals surface area contributed by atoms with E-state index in [0.717, 1.165) is 5.56 Å². The number of amides is 2. The maximum absolute atomic E-state index is 12.8. The molecular formula is C17H16ClFN2O2.